The lowest BCUT2D eigenvalue weighted by molar-refractivity contribution is -0.154. The van der Waals surface area contributed by atoms with Crippen molar-refractivity contribution < 1.29 is 14.3 Å². The number of carbonyl (C=O) groups excluding carboxylic acids is 2. The van der Waals surface area contributed by atoms with Crippen LogP contribution in [0.15, 0.2) is 0 Å². The maximum atomic E-state index is 11.2. The van der Waals surface area contributed by atoms with Gasteiger partial charge in [0, 0.05) is 6.42 Å². The molecule has 3 heteroatoms. The fraction of sp³-hybridized carbons (Fsp3) is 0.778. The Morgan fingerprint density at radius 1 is 1.58 bits per heavy atom. The fourth-order valence-corrected chi connectivity index (χ4v) is 1.38. The highest BCUT2D eigenvalue weighted by Gasteiger charge is 2.32. The van der Waals surface area contributed by atoms with E-state index in [0.717, 1.165) is 6.42 Å². The lowest BCUT2D eigenvalue weighted by Crippen LogP contribution is -2.23. The lowest BCUT2D eigenvalue weighted by atomic mass is 10.1. The molecule has 1 fully saturated rings. The Kier molecular flexibility index (Phi) is 2.84. The van der Waals surface area contributed by atoms with Gasteiger partial charge in [-0.1, -0.05) is 0 Å². The van der Waals surface area contributed by atoms with Crippen LogP contribution in [0.4, 0.5) is 0 Å². The van der Waals surface area contributed by atoms with E-state index in [0.29, 0.717) is 12.8 Å². The van der Waals surface area contributed by atoms with E-state index >= 15 is 0 Å². The highest BCUT2D eigenvalue weighted by molar-refractivity contribution is 6.00. The van der Waals surface area contributed by atoms with Crippen LogP contribution in [-0.2, 0) is 14.3 Å². The summed E-state index contributed by atoms with van der Waals surface area (Å²) >= 11 is 0. The van der Waals surface area contributed by atoms with Gasteiger partial charge in [0.1, 0.15) is 11.7 Å². The van der Waals surface area contributed by atoms with E-state index in [1.807, 2.05) is 0 Å². The molecule has 0 saturated heterocycles. The van der Waals surface area contributed by atoms with E-state index < -0.39 is 5.92 Å². The fourth-order valence-electron chi connectivity index (χ4n) is 1.38. The molecule has 3 nitrogen and oxygen atoms in total. The van der Waals surface area contributed by atoms with E-state index in [-0.39, 0.29) is 17.9 Å². The molecule has 0 aromatic carbocycles. The molecule has 0 aromatic rings. The Morgan fingerprint density at radius 2 is 2.25 bits per heavy atom. The minimum absolute atomic E-state index is 0.0423. The zero-order valence-corrected chi connectivity index (χ0v) is 7.50. The second kappa shape index (κ2) is 3.70. The van der Waals surface area contributed by atoms with Gasteiger partial charge in [-0.3, -0.25) is 9.59 Å². The molecule has 1 aliphatic rings. The van der Waals surface area contributed by atoms with Crippen LogP contribution in [0.2, 0.25) is 0 Å². The Hall–Kier alpha value is -0.860. The van der Waals surface area contributed by atoms with Crippen LogP contribution < -0.4 is 0 Å². The van der Waals surface area contributed by atoms with Gasteiger partial charge in [0.25, 0.3) is 0 Å². The van der Waals surface area contributed by atoms with Crippen molar-refractivity contribution in [2.24, 2.45) is 5.92 Å². The monoisotopic (exact) mass is 170 g/mol. The summed E-state index contributed by atoms with van der Waals surface area (Å²) in [6.45, 7) is 3.58. The molecule has 0 amide bonds. The highest BCUT2D eigenvalue weighted by Crippen LogP contribution is 2.22. The van der Waals surface area contributed by atoms with Gasteiger partial charge >= 0.3 is 5.97 Å². The Bertz CT molecular complexity index is 196. The maximum absolute atomic E-state index is 11.2. The summed E-state index contributed by atoms with van der Waals surface area (Å²) in [4.78, 5) is 22.3. The first kappa shape index (κ1) is 9.23. The molecule has 1 rings (SSSR count). The Balaban J connectivity index is 2.46. The molecule has 0 N–H and O–H groups in total. The topological polar surface area (TPSA) is 43.4 Å². The zero-order chi connectivity index (χ0) is 9.14. The quantitative estimate of drug-likeness (QED) is 0.463. The average Bonchev–Trinajstić information content (AvgIpc) is 2.33. The van der Waals surface area contributed by atoms with Gasteiger partial charge in [0.15, 0.2) is 0 Å². The highest BCUT2D eigenvalue weighted by atomic mass is 16.5. The van der Waals surface area contributed by atoms with Crippen molar-refractivity contribution in [3.8, 4) is 0 Å². The standard InChI is InChI=1S/C9H14O3/c1-6(2)12-9(11)7-4-3-5-8(7)10/h6-7H,3-5H2,1-2H3/t7-/m1/s1. The second-order valence-corrected chi connectivity index (χ2v) is 3.40. The lowest BCUT2D eigenvalue weighted by Gasteiger charge is -2.10. The molecular formula is C9H14O3. The van der Waals surface area contributed by atoms with Crippen LogP contribution in [0.3, 0.4) is 0 Å². The van der Waals surface area contributed by atoms with E-state index in [1.54, 1.807) is 13.8 Å². The Labute approximate surface area is 72.1 Å². The van der Waals surface area contributed by atoms with E-state index in [4.69, 9.17) is 4.74 Å². The van der Waals surface area contributed by atoms with Gasteiger partial charge in [-0.05, 0) is 26.7 Å². The van der Waals surface area contributed by atoms with E-state index in [9.17, 15) is 9.59 Å². The molecule has 0 spiro atoms. The van der Waals surface area contributed by atoms with Crippen molar-refractivity contribution in [1.29, 1.82) is 0 Å². The third kappa shape index (κ3) is 2.06. The Morgan fingerprint density at radius 3 is 2.67 bits per heavy atom. The summed E-state index contributed by atoms with van der Waals surface area (Å²) in [6.07, 6.45) is 1.92. The van der Waals surface area contributed by atoms with Crippen LogP contribution in [0.1, 0.15) is 33.1 Å². The molecule has 12 heavy (non-hydrogen) atoms. The molecule has 0 aliphatic heterocycles. The smallest absolute Gasteiger partial charge is 0.316 e. The average molecular weight is 170 g/mol. The van der Waals surface area contributed by atoms with Crippen molar-refractivity contribution in [2.45, 2.75) is 39.2 Å². The minimum atomic E-state index is -0.465. The van der Waals surface area contributed by atoms with Gasteiger partial charge in [-0.15, -0.1) is 0 Å². The van der Waals surface area contributed by atoms with Crippen molar-refractivity contribution in [1.82, 2.24) is 0 Å². The predicted molar refractivity (Wildman–Crippen MR) is 43.6 cm³/mol. The van der Waals surface area contributed by atoms with Crippen LogP contribution >= 0.6 is 0 Å². The first-order valence-electron chi connectivity index (χ1n) is 4.34. The summed E-state index contributed by atoms with van der Waals surface area (Å²) in [7, 11) is 0. The SMILES string of the molecule is CC(C)OC(=O)[C@@H]1CCCC1=O. The number of ketones is 1. The van der Waals surface area contributed by atoms with Crippen molar-refractivity contribution >= 4 is 11.8 Å². The molecule has 1 saturated carbocycles. The van der Waals surface area contributed by atoms with Crippen LogP contribution in [-0.4, -0.2) is 17.9 Å². The summed E-state index contributed by atoms with van der Waals surface area (Å²) in [6, 6.07) is 0. The van der Waals surface area contributed by atoms with E-state index in [2.05, 4.69) is 0 Å². The number of esters is 1. The molecule has 0 unspecified atom stereocenters. The maximum Gasteiger partial charge on any atom is 0.316 e. The molecule has 1 aliphatic carbocycles. The van der Waals surface area contributed by atoms with Crippen LogP contribution in [0.25, 0.3) is 0 Å². The third-order valence-electron chi connectivity index (χ3n) is 1.94. The minimum Gasteiger partial charge on any atom is -0.462 e. The van der Waals surface area contributed by atoms with Gasteiger partial charge < -0.3 is 4.74 Å². The number of carbonyl (C=O) groups is 2. The normalized spacial score (nSPS) is 23.2. The molecule has 0 aromatic heterocycles. The number of ether oxygens (including phenoxy) is 1. The number of rotatable bonds is 2. The number of hydrogen-bond acceptors (Lipinski definition) is 3. The van der Waals surface area contributed by atoms with Gasteiger partial charge in [0.2, 0.25) is 0 Å². The summed E-state index contributed by atoms with van der Waals surface area (Å²) in [5, 5.41) is 0. The summed E-state index contributed by atoms with van der Waals surface area (Å²) in [5.74, 6) is -0.763. The number of Topliss-reactive ketones (excluding diaryl/α,β-unsaturated/α-hetero) is 1. The molecule has 0 heterocycles. The summed E-state index contributed by atoms with van der Waals surface area (Å²) in [5.41, 5.74) is 0. The number of hydrogen-bond donors (Lipinski definition) is 0. The molecule has 1 atom stereocenters. The van der Waals surface area contributed by atoms with Gasteiger partial charge in [-0.25, -0.2) is 0 Å². The second-order valence-electron chi connectivity index (χ2n) is 3.40. The first-order valence-corrected chi connectivity index (χ1v) is 4.34. The van der Waals surface area contributed by atoms with Gasteiger partial charge in [0.05, 0.1) is 6.10 Å². The zero-order valence-electron chi connectivity index (χ0n) is 7.50. The molecule has 0 bridgehead atoms. The summed E-state index contributed by atoms with van der Waals surface area (Å²) < 4.78 is 4.94. The van der Waals surface area contributed by atoms with Crippen LogP contribution in [0, 0.1) is 5.92 Å². The van der Waals surface area contributed by atoms with E-state index in [1.165, 1.54) is 0 Å². The third-order valence-corrected chi connectivity index (χ3v) is 1.94. The largest absolute Gasteiger partial charge is 0.462 e. The molecular weight excluding hydrogens is 156 g/mol. The predicted octanol–water partition coefficient (Wildman–Crippen LogP) is 1.31. The first-order chi connectivity index (χ1) is 5.61. The van der Waals surface area contributed by atoms with Crippen molar-refractivity contribution in [3.63, 3.8) is 0 Å². The van der Waals surface area contributed by atoms with Crippen molar-refractivity contribution in [2.75, 3.05) is 0 Å². The molecule has 0 radical (unpaired) electrons. The van der Waals surface area contributed by atoms with Crippen molar-refractivity contribution in [3.05, 3.63) is 0 Å². The molecule has 68 valence electrons. The van der Waals surface area contributed by atoms with Gasteiger partial charge in [-0.2, -0.15) is 0 Å². The van der Waals surface area contributed by atoms with Crippen LogP contribution in [0.5, 0.6) is 0 Å².